The number of carboxylic acids is 1. The van der Waals surface area contributed by atoms with E-state index in [1.54, 1.807) is 0 Å². The van der Waals surface area contributed by atoms with Crippen LogP contribution in [0.2, 0.25) is 19.6 Å². The number of nitrogens with zero attached hydrogens (tertiary/aromatic N) is 1. The summed E-state index contributed by atoms with van der Waals surface area (Å²) in [6, 6.07) is 0. The lowest BCUT2D eigenvalue weighted by Gasteiger charge is -2.26. The normalized spacial score (nSPS) is 13.1. The Morgan fingerprint density at radius 3 is 1.87 bits per heavy atom. The number of hydrogen-bond donors (Lipinski definition) is 1. The Kier molecular flexibility index (Phi) is 8.90. The van der Waals surface area contributed by atoms with Gasteiger partial charge in [-0.05, 0) is 0 Å². The zero-order valence-corrected chi connectivity index (χ0v) is 11.9. The van der Waals surface area contributed by atoms with Gasteiger partial charge >= 0.3 is 0 Å². The Morgan fingerprint density at radius 1 is 1.33 bits per heavy atom. The molecule has 0 aliphatic rings. The molecule has 0 bridgehead atoms. The van der Waals surface area contributed by atoms with Gasteiger partial charge in [0.2, 0.25) is 0 Å². The van der Waals surface area contributed by atoms with Gasteiger partial charge < -0.3 is 19.5 Å². The Labute approximate surface area is 94.7 Å². The molecule has 1 atom stereocenters. The highest BCUT2D eigenvalue weighted by Crippen LogP contribution is 1.97. The maximum Gasteiger partial charge on any atom is 0.108 e. The number of aliphatic carboxylic acids is 1. The van der Waals surface area contributed by atoms with Crippen LogP contribution in [-0.2, 0) is 4.79 Å². The number of quaternary nitrogens is 1. The summed E-state index contributed by atoms with van der Waals surface area (Å²) in [7, 11) is 5.52. The first kappa shape index (κ1) is 17.0. The summed E-state index contributed by atoms with van der Waals surface area (Å²) in [4.78, 5) is 10.0. The standard InChI is InChI=1S/C7H15NO3.C3H10Si/c1-8(2,3)5-6(9)4-7(10)11;1-4(2)3/h6,9H,4-5H2,1-3H3;4H,1-3H3/t6-;/m1./s1. The third-order valence-corrected chi connectivity index (χ3v) is 1.16. The van der Waals surface area contributed by atoms with E-state index in [-0.39, 0.29) is 15.2 Å². The molecule has 0 amide bonds. The van der Waals surface area contributed by atoms with E-state index >= 15 is 0 Å². The fourth-order valence-electron chi connectivity index (χ4n) is 0.889. The second-order valence-electron chi connectivity index (χ2n) is 5.43. The van der Waals surface area contributed by atoms with E-state index in [1.165, 1.54) is 0 Å². The highest BCUT2D eigenvalue weighted by Gasteiger charge is 2.14. The molecule has 0 heterocycles. The van der Waals surface area contributed by atoms with Gasteiger partial charge in [0.1, 0.15) is 12.6 Å². The molecule has 0 rings (SSSR count). The van der Waals surface area contributed by atoms with Crippen LogP contribution in [0.1, 0.15) is 6.42 Å². The summed E-state index contributed by atoms with van der Waals surface area (Å²) in [5, 5.41) is 19.1. The van der Waals surface area contributed by atoms with Crippen LogP contribution < -0.4 is 5.11 Å². The molecule has 0 aromatic heterocycles. The smallest absolute Gasteiger partial charge is 0.108 e. The Morgan fingerprint density at radius 2 is 1.67 bits per heavy atom. The zero-order valence-electron chi connectivity index (χ0n) is 10.8. The van der Waals surface area contributed by atoms with E-state index in [0.29, 0.717) is 11.0 Å². The summed E-state index contributed by atoms with van der Waals surface area (Å²) in [5.41, 5.74) is 0. The monoisotopic (exact) mass is 235 g/mol. The third-order valence-electron chi connectivity index (χ3n) is 1.16. The van der Waals surface area contributed by atoms with Crippen molar-refractivity contribution in [3.63, 3.8) is 0 Å². The molecule has 0 aliphatic carbocycles. The lowest BCUT2D eigenvalue weighted by Crippen LogP contribution is -2.43. The van der Waals surface area contributed by atoms with Crippen molar-refractivity contribution in [2.24, 2.45) is 0 Å². The number of carbonyl (C=O) groups is 1. The van der Waals surface area contributed by atoms with Crippen LogP contribution >= 0.6 is 0 Å². The number of carbonyl (C=O) groups excluding carboxylic acids is 1. The molecule has 0 fully saturated rings. The van der Waals surface area contributed by atoms with E-state index < -0.39 is 12.1 Å². The lowest BCUT2D eigenvalue weighted by molar-refractivity contribution is -0.873. The fourth-order valence-corrected chi connectivity index (χ4v) is 0.889. The van der Waals surface area contributed by atoms with Crippen molar-refractivity contribution in [3.05, 3.63) is 0 Å². The predicted molar refractivity (Wildman–Crippen MR) is 63.3 cm³/mol. The molecule has 4 nitrogen and oxygen atoms in total. The number of likely N-dealkylation sites (N-methyl/N-ethyl adjacent to an activating group) is 1. The number of rotatable bonds is 4. The predicted octanol–water partition coefficient (Wildman–Crippen LogP) is -0.704. The van der Waals surface area contributed by atoms with Crippen molar-refractivity contribution in [2.45, 2.75) is 32.2 Å². The minimum absolute atomic E-state index is 0.139. The minimum atomic E-state index is -1.20. The first-order chi connectivity index (χ1) is 6.54. The SMILES string of the molecule is C[N+](C)(C)C[C@H](O)CC(=O)[O-].C[SiH](C)C. The molecule has 0 saturated carbocycles. The average Bonchev–Trinajstić information content (AvgIpc) is 1.76. The molecular weight excluding hydrogens is 210 g/mol. The van der Waals surface area contributed by atoms with Crippen LogP contribution in [0.3, 0.4) is 0 Å². The van der Waals surface area contributed by atoms with Crippen LogP contribution in [0.25, 0.3) is 0 Å². The van der Waals surface area contributed by atoms with Crippen molar-refractivity contribution in [2.75, 3.05) is 27.7 Å². The Balaban J connectivity index is 0. The largest absolute Gasteiger partial charge is 0.550 e. The molecule has 0 unspecified atom stereocenters. The summed E-state index contributed by atoms with van der Waals surface area (Å²) < 4.78 is 0.550. The molecule has 0 aliphatic heterocycles. The minimum Gasteiger partial charge on any atom is -0.550 e. The van der Waals surface area contributed by atoms with Gasteiger partial charge in [-0.2, -0.15) is 0 Å². The maximum absolute atomic E-state index is 10.0. The topological polar surface area (TPSA) is 60.4 Å². The number of carboxylic acid groups (broad SMARTS) is 1. The van der Waals surface area contributed by atoms with Crippen LogP contribution in [0.5, 0.6) is 0 Å². The third kappa shape index (κ3) is 24.7. The molecule has 15 heavy (non-hydrogen) atoms. The van der Waals surface area contributed by atoms with Gasteiger partial charge in [0.05, 0.1) is 21.1 Å². The second-order valence-corrected chi connectivity index (χ2v) is 8.90. The number of aliphatic hydroxyl groups is 1. The van der Waals surface area contributed by atoms with Crippen molar-refractivity contribution in [1.82, 2.24) is 0 Å². The van der Waals surface area contributed by atoms with Crippen molar-refractivity contribution >= 4 is 14.8 Å². The van der Waals surface area contributed by atoms with Gasteiger partial charge in [-0.3, -0.25) is 0 Å². The summed E-state index contributed by atoms with van der Waals surface area (Å²) in [6.45, 7) is 7.34. The summed E-state index contributed by atoms with van der Waals surface area (Å²) in [6.07, 6.45) is -1.09. The van der Waals surface area contributed by atoms with Crippen LogP contribution in [0.4, 0.5) is 0 Å². The molecule has 1 N–H and O–H groups in total. The molecular formula is C10H25NO3Si. The number of aliphatic hydroxyl groups excluding tert-OH is 1. The fraction of sp³-hybridized carbons (Fsp3) is 0.900. The van der Waals surface area contributed by atoms with E-state index in [1.807, 2.05) is 21.1 Å². The van der Waals surface area contributed by atoms with Gasteiger partial charge in [0.25, 0.3) is 0 Å². The molecule has 0 aromatic rings. The quantitative estimate of drug-likeness (QED) is 0.518. The highest BCUT2D eigenvalue weighted by atomic mass is 28.3. The highest BCUT2D eigenvalue weighted by molar-refractivity contribution is 6.54. The van der Waals surface area contributed by atoms with Gasteiger partial charge in [-0.25, -0.2) is 0 Å². The molecule has 0 radical (unpaired) electrons. The zero-order chi connectivity index (χ0) is 12.6. The molecule has 0 saturated heterocycles. The van der Waals surface area contributed by atoms with Gasteiger partial charge in [0.15, 0.2) is 0 Å². The van der Waals surface area contributed by atoms with Gasteiger partial charge in [-0.15, -0.1) is 0 Å². The van der Waals surface area contributed by atoms with Crippen molar-refractivity contribution in [1.29, 1.82) is 0 Å². The molecule has 0 aromatic carbocycles. The van der Waals surface area contributed by atoms with Crippen molar-refractivity contribution < 1.29 is 19.5 Å². The molecule has 5 heteroatoms. The maximum atomic E-state index is 10.0. The van der Waals surface area contributed by atoms with E-state index in [4.69, 9.17) is 5.11 Å². The van der Waals surface area contributed by atoms with Crippen LogP contribution in [0.15, 0.2) is 0 Å². The summed E-state index contributed by atoms with van der Waals surface area (Å²) in [5.74, 6) is -1.20. The van der Waals surface area contributed by atoms with Crippen LogP contribution in [0, 0.1) is 0 Å². The van der Waals surface area contributed by atoms with Crippen molar-refractivity contribution in [3.8, 4) is 0 Å². The van der Waals surface area contributed by atoms with E-state index in [9.17, 15) is 9.90 Å². The lowest BCUT2D eigenvalue weighted by atomic mass is 10.2. The summed E-state index contributed by atoms with van der Waals surface area (Å²) >= 11 is 0. The van der Waals surface area contributed by atoms with Crippen LogP contribution in [-0.4, -0.2) is 58.1 Å². The van der Waals surface area contributed by atoms with Gasteiger partial charge in [-0.1, -0.05) is 19.6 Å². The van der Waals surface area contributed by atoms with E-state index in [2.05, 4.69) is 19.6 Å². The molecule has 0 spiro atoms. The Hall–Kier alpha value is -0.393. The second kappa shape index (κ2) is 7.84. The Bertz CT molecular complexity index is 175. The average molecular weight is 235 g/mol. The first-order valence-electron chi connectivity index (χ1n) is 5.23. The number of hydrogen-bond acceptors (Lipinski definition) is 3. The first-order valence-corrected chi connectivity index (χ1v) is 8.69. The van der Waals surface area contributed by atoms with Gasteiger partial charge in [0, 0.05) is 21.2 Å². The molecule has 92 valence electrons. The van der Waals surface area contributed by atoms with E-state index in [0.717, 1.165) is 0 Å².